The molecular weight excluding hydrogens is 264 g/mol. The van der Waals surface area contributed by atoms with Crippen molar-refractivity contribution in [2.24, 2.45) is 5.73 Å². The molecule has 0 aromatic carbocycles. The lowest BCUT2D eigenvalue weighted by Crippen LogP contribution is -2.36. The first-order valence-corrected chi connectivity index (χ1v) is 6.18. The molecule has 0 saturated carbocycles. The van der Waals surface area contributed by atoms with Crippen LogP contribution in [0.4, 0.5) is 5.69 Å². The molecule has 0 atom stereocenters. The number of carbonyl (C=O) groups excluding carboxylic acids is 1. The zero-order chi connectivity index (χ0) is 14.3. The molecule has 0 unspecified atom stereocenters. The summed E-state index contributed by atoms with van der Waals surface area (Å²) in [5.74, 6) is -0.0713. The highest BCUT2D eigenvalue weighted by Crippen LogP contribution is 2.10. The molecule has 0 saturated heterocycles. The van der Waals surface area contributed by atoms with Crippen LogP contribution in [0.2, 0.25) is 0 Å². The lowest BCUT2D eigenvalue weighted by atomic mass is 10.3. The number of ether oxygens (including phenoxy) is 1. The van der Waals surface area contributed by atoms with Gasteiger partial charge in [0.25, 0.3) is 0 Å². The molecule has 0 aliphatic carbocycles. The summed E-state index contributed by atoms with van der Waals surface area (Å²) >= 11 is 4.83. The SMILES string of the molecule is COCCNC(=O)CN(C)c1ccc(C(N)=S)nc1. The molecule has 1 heterocycles. The van der Waals surface area contributed by atoms with Crippen LogP contribution in [0.5, 0.6) is 0 Å². The highest BCUT2D eigenvalue weighted by molar-refractivity contribution is 7.80. The Morgan fingerprint density at radius 2 is 2.32 bits per heavy atom. The maximum atomic E-state index is 11.6. The maximum Gasteiger partial charge on any atom is 0.239 e. The largest absolute Gasteiger partial charge is 0.388 e. The Balaban J connectivity index is 2.50. The van der Waals surface area contributed by atoms with Crippen molar-refractivity contribution in [2.45, 2.75) is 0 Å². The summed E-state index contributed by atoms with van der Waals surface area (Å²) in [4.78, 5) is 17.8. The third-order valence-corrected chi connectivity index (χ3v) is 2.66. The molecule has 1 rings (SSSR count). The van der Waals surface area contributed by atoms with Crippen molar-refractivity contribution in [1.29, 1.82) is 0 Å². The first-order chi connectivity index (χ1) is 9.04. The number of nitrogens with one attached hydrogen (secondary N) is 1. The molecule has 0 aliphatic heterocycles. The monoisotopic (exact) mass is 282 g/mol. The van der Waals surface area contributed by atoms with E-state index in [1.165, 1.54) is 0 Å². The van der Waals surface area contributed by atoms with Crippen molar-refractivity contribution in [1.82, 2.24) is 10.3 Å². The van der Waals surface area contributed by atoms with Gasteiger partial charge in [-0.1, -0.05) is 12.2 Å². The van der Waals surface area contributed by atoms with Gasteiger partial charge in [0, 0.05) is 20.7 Å². The standard InChI is InChI=1S/C12H18N4O2S/c1-16(8-11(17)14-5-6-18-2)9-3-4-10(12(13)19)15-7-9/h3-4,7H,5-6,8H2,1-2H3,(H2,13,19)(H,14,17). The number of likely N-dealkylation sites (N-methyl/N-ethyl adjacent to an activating group) is 1. The average Bonchev–Trinajstić information content (AvgIpc) is 2.39. The fourth-order valence-electron chi connectivity index (χ4n) is 1.41. The number of anilines is 1. The molecule has 0 aliphatic rings. The van der Waals surface area contributed by atoms with Crippen LogP contribution in [0.1, 0.15) is 5.69 Å². The van der Waals surface area contributed by atoms with E-state index < -0.39 is 0 Å². The van der Waals surface area contributed by atoms with Crippen LogP contribution in [0.25, 0.3) is 0 Å². The number of thiocarbonyl (C=S) groups is 1. The van der Waals surface area contributed by atoms with Gasteiger partial charge >= 0.3 is 0 Å². The number of rotatable bonds is 7. The predicted molar refractivity (Wildman–Crippen MR) is 78.3 cm³/mol. The number of methoxy groups -OCH3 is 1. The van der Waals surface area contributed by atoms with E-state index in [-0.39, 0.29) is 17.4 Å². The van der Waals surface area contributed by atoms with Gasteiger partial charge in [0.05, 0.1) is 30.7 Å². The van der Waals surface area contributed by atoms with E-state index >= 15 is 0 Å². The Kier molecular flexibility index (Phi) is 6.17. The third-order valence-electron chi connectivity index (χ3n) is 2.45. The molecule has 0 bridgehead atoms. The van der Waals surface area contributed by atoms with Gasteiger partial charge in [-0.2, -0.15) is 0 Å². The Morgan fingerprint density at radius 3 is 2.84 bits per heavy atom. The van der Waals surface area contributed by atoms with Crippen molar-refractivity contribution >= 4 is 28.8 Å². The average molecular weight is 282 g/mol. The second kappa shape index (κ2) is 7.65. The number of nitrogens with two attached hydrogens (primary N) is 1. The van der Waals surface area contributed by atoms with Gasteiger partial charge in [0.1, 0.15) is 4.99 Å². The molecule has 1 amide bonds. The smallest absolute Gasteiger partial charge is 0.239 e. The fourth-order valence-corrected chi connectivity index (χ4v) is 1.53. The number of hydrogen-bond donors (Lipinski definition) is 2. The van der Waals surface area contributed by atoms with Crippen LogP contribution in [0.3, 0.4) is 0 Å². The van der Waals surface area contributed by atoms with Gasteiger partial charge in [-0.25, -0.2) is 0 Å². The van der Waals surface area contributed by atoms with Crippen LogP contribution in [0, 0.1) is 0 Å². The number of nitrogens with zero attached hydrogens (tertiary/aromatic N) is 2. The molecule has 0 spiro atoms. The van der Waals surface area contributed by atoms with Gasteiger partial charge in [0.2, 0.25) is 5.91 Å². The topological polar surface area (TPSA) is 80.5 Å². The van der Waals surface area contributed by atoms with Crippen LogP contribution < -0.4 is 16.0 Å². The van der Waals surface area contributed by atoms with Crippen LogP contribution >= 0.6 is 12.2 Å². The minimum atomic E-state index is -0.0713. The summed E-state index contributed by atoms with van der Waals surface area (Å²) in [7, 11) is 3.40. The highest BCUT2D eigenvalue weighted by Gasteiger charge is 2.07. The van der Waals surface area contributed by atoms with Gasteiger partial charge in [0.15, 0.2) is 0 Å². The summed E-state index contributed by atoms with van der Waals surface area (Å²) in [6.07, 6.45) is 1.64. The first-order valence-electron chi connectivity index (χ1n) is 5.77. The molecule has 19 heavy (non-hydrogen) atoms. The van der Waals surface area contributed by atoms with E-state index in [0.717, 1.165) is 5.69 Å². The number of hydrogen-bond acceptors (Lipinski definition) is 5. The van der Waals surface area contributed by atoms with Crippen LogP contribution in [0.15, 0.2) is 18.3 Å². The van der Waals surface area contributed by atoms with Crippen molar-refractivity contribution in [3.63, 3.8) is 0 Å². The lowest BCUT2D eigenvalue weighted by Gasteiger charge is -2.18. The molecule has 6 nitrogen and oxygen atoms in total. The molecule has 104 valence electrons. The van der Waals surface area contributed by atoms with E-state index in [9.17, 15) is 4.79 Å². The van der Waals surface area contributed by atoms with Crippen molar-refractivity contribution < 1.29 is 9.53 Å². The number of pyridine rings is 1. The third kappa shape index (κ3) is 5.19. The minimum absolute atomic E-state index is 0.0713. The van der Waals surface area contributed by atoms with Gasteiger partial charge in [-0.3, -0.25) is 9.78 Å². The second-order valence-corrected chi connectivity index (χ2v) is 4.40. The zero-order valence-electron chi connectivity index (χ0n) is 11.0. The molecule has 7 heteroatoms. The summed E-state index contributed by atoms with van der Waals surface area (Å²) in [6.45, 7) is 1.25. The molecule has 0 fully saturated rings. The number of amides is 1. The Bertz CT molecular complexity index is 436. The Labute approximate surface area is 117 Å². The van der Waals surface area contributed by atoms with E-state index in [1.807, 2.05) is 13.1 Å². The predicted octanol–water partition coefficient (Wildman–Crippen LogP) is -0.0854. The minimum Gasteiger partial charge on any atom is -0.388 e. The number of carbonyl (C=O) groups is 1. The number of aromatic nitrogens is 1. The molecular formula is C12H18N4O2S. The molecule has 0 radical (unpaired) electrons. The molecule has 1 aromatic rings. The van der Waals surface area contributed by atoms with Crippen molar-refractivity contribution in [3.8, 4) is 0 Å². The van der Waals surface area contributed by atoms with E-state index in [2.05, 4.69) is 10.3 Å². The van der Waals surface area contributed by atoms with Crippen molar-refractivity contribution in [3.05, 3.63) is 24.0 Å². The molecule has 3 N–H and O–H groups in total. The van der Waals surface area contributed by atoms with Gasteiger partial charge in [-0.05, 0) is 12.1 Å². The summed E-state index contributed by atoms with van der Waals surface area (Å²) in [5.41, 5.74) is 6.86. The molecule has 1 aromatic heterocycles. The second-order valence-electron chi connectivity index (χ2n) is 3.96. The Hall–Kier alpha value is -1.73. The van der Waals surface area contributed by atoms with Gasteiger partial charge < -0.3 is 20.7 Å². The van der Waals surface area contributed by atoms with Crippen LogP contribution in [-0.2, 0) is 9.53 Å². The van der Waals surface area contributed by atoms with E-state index in [4.69, 9.17) is 22.7 Å². The van der Waals surface area contributed by atoms with E-state index in [0.29, 0.717) is 18.8 Å². The fraction of sp³-hybridized carbons (Fsp3) is 0.417. The lowest BCUT2D eigenvalue weighted by molar-refractivity contribution is -0.119. The van der Waals surface area contributed by atoms with Gasteiger partial charge in [-0.15, -0.1) is 0 Å². The van der Waals surface area contributed by atoms with Crippen LogP contribution in [-0.4, -0.2) is 49.7 Å². The highest BCUT2D eigenvalue weighted by atomic mass is 32.1. The summed E-state index contributed by atoms with van der Waals surface area (Å²) in [5, 5.41) is 2.75. The maximum absolute atomic E-state index is 11.6. The summed E-state index contributed by atoms with van der Waals surface area (Å²) < 4.78 is 4.86. The zero-order valence-corrected chi connectivity index (χ0v) is 11.9. The van der Waals surface area contributed by atoms with E-state index in [1.54, 1.807) is 24.3 Å². The Morgan fingerprint density at radius 1 is 1.58 bits per heavy atom. The quantitative estimate of drug-likeness (QED) is 0.537. The first kappa shape index (κ1) is 15.3. The normalized spacial score (nSPS) is 10.0. The summed E-state index contributed by atoms with van der Waals surface area (Å²) in [6, 6.07) is 3.56. The van der Waals surface area contributed by atoms with Crippen molar-refractivity contribution in [2.75, 3.05) is 38.8 Å².